The lowest BCUT2D eigenvalue weighted by molar-refractivity contribution is 0.238. The average molecular weight is 389 g/mol. The van der Waals surface area contributed by atoms with E-state index in [1.54, 1.807) is 0 Å². The van der Waals surface area contributed by atoms with Crippen molar-refractivity contribution in [1.29, 1.82) is 0 Å². The van der Waals surface area contributed by atoms with Crippen LogP contribution in [0.5, 0.6) is 0 Å². The van der Waals surface area contributed by atoms with Gasteiger partial charge in [-0.25, -0.2) is 0 Å². The molecule has 1 unspecified atom stereocenters. The topological polar surface area (TPSA) is 46.1 Å². The van der Waals surface area contributed by atoms with E-state index in [0.717, 1.165) is 45.1 Å². The second kappa shape index (κ2) is 12.8. The maximum absolute atomic E-state index is 4.36. The molecule has 0 aliphatic carbocycles. The minimum Gasteiger partial charge on any atom is -0.356 e. The first-order valence-electron chi connectivity index (χ1n) is 10.7. The number of likely N-dealkylation sites (N-methyl/N-ethyl adjacent to an activating group) is 1. The van der Waals surface area contributed by atoms with Gasteiger partial charge in [-0.3, -0.25) is 9.89 Å². The Kier molecular flexibility index (Phi) is 10.3. The van der Waals surface area contributed by atoms with Gasteiger partial charge in [0.05, 0.1) is 0 Å². The lowest BCUT2D eigenvalue weighted by Gasteiger charge is -2.25. The largest absolute Gasteiger partial charge is 0.356 e. The van der Waals surface area contributed by atoms with E-state index in [2.05, 4.69) is 81.7 Å². The van der Waals surface area contributed by atoms with Gasteiger partial charge in [-0.05, 0) is 52.5 Å². The first kappa shape index (κ1) is 22.7. The molecule has 1 saturated heterocycles. The number of nitrogens with one attached hydrogen (secondary N) is 2. The van der Waals surface area contributed by atoms with Gasteiger partial charge >= 0.3 is 0 Å². The van der Waals surface area contributed by atoms with Crippen LogP contribution in [0, 0.1) is 0 Å². The fourth-order valence-electron chi connectivity index (χ4n) is 3.52. The smallest absolute Gasteiger partial charge is 0.191 e. The van der Waals surface area contributed by atoms with Gasteiger partial charge in [0.15, 0.2) is 5.96 Å². The number of hydrogen-bond donors (Lipinski definition) is 2. The molecule has 2 N–H and O–H groups in total. The van der Waals surface area contributed by atoms with Gasteiger partial charge in [-0.1, -0.05) is 30.3 Å². The summed E-state index contributed by atoms with van der Waals surface area (Å²) in [6, 6.07) is 11.2. The van der Waals surface area contributed by atoms with Gasteiger partial charge in [-0.15, -0.1) is 0 Å². The molecule has 0 bridgehead atoms. The molecule has 1 heterocycles. The summed E-state index contributed by atoms with van der Waals surface area (Å²) in [5.41, 5.74) is 1.36. The number of rotatable bonds is 9. The van der Waals surface area contributed by atoms with Crippen molar-refractivity contribution >= 4 is 5.96 Å². The molecule has 1 aliphatic heterocycles. The van der Waals surface area contributed by atoms with Gasteiger partial charge in [0.2, 0.25) is 0 Å². The van der Waals surface area contributed by atoms with Crippen LogP contribution in [-0.2, 0) is 6.54 Å². The minimum atomic E-state index is 0.514. The van der Waals surface area contributed by atoms with Gasteiger partial charge < -0.3 is 20.4 Å². The second-order valence-electron chi connectivity index (χ2n) is 7.96. The van der Waals surface area contributed by atoms with Crippen LogP contribution >= 0.6 is 0 Å². The van der Waals surface area contributed by atoms with E-state index >= 15 is 0 Å². The Morgan fingerprint density at radius 3 is 2.61 bits per heavy atom. The molecule has 158 valence electrons. The Balaban J connectivity index is 1.60. The van der Waals surface area contributed by atoms with Crippen LogP contribution < -0.4 is 10.6 Å². The van der Waals surface area contributed by atoms with E-state index in [-0.39, 0.29) is 0 Å². The number of nitrogens with zero attached hydrogens (tertiary/aromatic N) is 4. The molecular formula is C22H40N6. The van der Waals surface area contributed by atoms with Crippen molar-refractivity contribution in [2.45, 2.75) is 32.4 Å². The maximum atomic E-state index is 4.36. The van der Waals surface area contributed by atoms with Gasteiger partial charge in [0, 0.05) is 52.4 Å². The second-order valence-corrected chi connectivity index (χ2v) is 7.96. The van der Waals surface area contributed by atoms with Crippen LogP contribution in [0.4, 0.5) is 0 Å². The predicted octanol–water partition coefficient (Wildman–Crippen LogP) is 1.70. The van der Waals surface area contributed by atoms with Crippen LogP contribution in [0.1, 0.15) is 25.3 Å². The standard InChI is InChI=1S/C22H40N6/c1-20(27(4)19-21-9-6-5-7-10-21)11-12-24-22(23-2)25-13-16-28-15-8-14-26(3)17-18-28/h5-7,9-10,20H,8,11-19H2,1-4H3,(H2,23,24,25). The Morgan fingerprint density at radius 2 is 1.86 bits per heavy atom. The number of guanidine groups is 1. The first-order valence-corrected chi connectivity index (χ1v) is 10.7. The molecular weight excluding hydrogens is 348 g/mol. The molecule has 6 heteroatoms. The van der Waals surface area contributed by atoms with E-state index in [1.165, 1.54) is 31.6 Å². The highest BCUT2D eigenvalue weighted by Gasteiger charge is 2.12. The van der Waals surface area contributed by atoms with Gasteiger partial charge in [0.25, 0.3) is 0 Å². The van der Waals surface area contributed by atoms with Crippen molar-refractivity contribution in [2.75, 3.05) is 67.0 Å². The highest BCUT2D eigenvalue weighted by Crippen LogP contribution is 2.07. The zero-order chi connectivity index (χ0) is 20.2. The van der Waals surface area contributed by atoms with Crippen LogP contribution in [0.15, 0.2) is 35.3 Å². The van der Waals surface area contributed by atoms with Gasteiger partial charge in [0.1, 0.15) is 0 Å². The molecule has 0 aromatic heterocycles. The van der Waals surface area contributed by atoms with Crippen LogP contribution in [0.25, 0.3) is 0 Å². The van der Waals surface area contributed by atoms with Crippen molar-refractivity contribution in [2.24, 2.45) is 4.99 Å². The molecule has 28 heavy (non-hydrogen) atoms. The van der Waals surface area contributed by atoms with E-state index < -0.39 is 0 Å². The van der Waals surface area contributed by atoms with Gasteiger partial charge in [-0.2, -0.15) is 0 Å². The molecule has 6 nitrogen and oxygen atoms in total. The van der Waals surface area contributed by atoms with Crippen LogP contribution in [0.3, 0.4) is 0 Å². The monoisotopic (exact) mass is 388 g/mol. The summed E-state index contributed by atoms with van der Waals surface area (Å²) in [4.78, 5) is 11.7. The molecule has 1 atom stereocenters. The Morgan fingerprint density at radius 1 is 1.11 bits per heavy atom. The summed E-state index contributed by atoms with van der Waals surface area (Å²) >= 11 is 0. The quantitative estimate of drug-likeness (QED) is 0.498. The van der Waals surface area contributed by atoms with E-state index in [1.807, 2.05) is 7.05 Å². The zero-order valence-corrected chi connectivity index (χ0v) is 18.3. The summed E-state index contributed by atoms with van der Waals surface area (Å²) in [5.74, 6) is 0.907. The maximum Gasteiger partial charge on any atom is 0.191 e. The summed E-state index contributed by atoms with van der Waals surface area (Å²) in [5, 5.41) is 6.92. The van der Waals surface area contributed by atoms with Crippen molar-refractivity contribution in [3.05, 3.63) is 35.9 Å². The predicted molar refractivity (Wildman–Crippen MR) is 120 cm³/mol. The molecule has 0 spiro atoms. The molecule has 2 rings (SSSR count). The average Bonchev–Trinajstić information content (AvgIpc) is 2.91. The molecule has 1 fully saturated rings. The van der Waals surface area contributed by atoms with E-state index in [0.29, 0.717) is 6.04 Å². The number of aliphatic imine (C=N–C) groups is 1. The fraction of sp³-hybridized carbons (Fsp3) is 0.682. The number of benzene rings is 1. The van der Waals surface area contributed by atoms with E-state index in [9.17, 15) is 0 Å². The van der Waals surface area contributed by atoms with Crippen molar-refractivity contribution in [3.63, 3.8) is 0 Å². The van der Waals surface area contributed by atoms with Crippen LogP contribution in [-0.4, -0.2) is 93.7 Å². The minimum absolute atomic E-state index is 0.514. The first-order chi connectivity index (χ1) is 13.6. The lowest BCUT2D eigenvalue weighted by atomic mass is 10.1. The molecule has 0 saturated carbocycles. The Bertz CT molecular complexity index is 561. The number of hydrogen-bond acceptors (Lipinski definition) is 4. The highest BCUT2D eigenvalue weighted by atomic mass is 15.2. The third-order valence-corrected chi connectivity index (χ3v) is 5.64. The summed E-state index contributed by atoms with van der Waals surface area (Å²) in [6.07, 6.45) is 2.35. The third-order valence-electron chi connectivity index (χ3n) is 5.64. The van der Waals surface area contributed by atoms with Crippen molar-refractivity contribution < 1.29 is 0 Å². The third kappa shape index (κ3) is 8.59. The highest BCUT2D eigenvalue weighted by molar-refractivity contribution is 5.79. The SMILES string of the molecule is CN=C(NCCC(C)N(C)Cc1ccccc1)NCCN1CCCN(C)CC1. The Labute approximate surface area is 172 Å². The molecule has 1 aromatic carbocycles. The molecule has 0 radical (unpaired) electrons. The zero-order valence-electron chi connectivity index (χ0n) is 18.3. The summed E-state index contributed by atoms with van der Waals surface area (Å²) < 4.78 is 0. The lowest BCUT2D eigenvalue weighted by Crippen LogP contribution is -2.43. The normalized spacial score (nSPS) is 18.1. The Hall–Kier alpha value is -1.63. The molecule has 0 amide bonds. The van der Waals surface area contributed by atoms with E-state index in [4.69, 9.17) is 0 Å². The van der Waals surface area contributed by atoms with Crippen LogP contribution in [0.2, 0.25) is 0 Å². The molecule has 1 aromatic rings. The fourth-order valence-corrected chi connectivity index (χ4v) is 3.52. The molecule has 1 aliphatic rings. The summed E-state index contributed by atoms with van der Waals surface area (Å²) in [7, 11) is 6.26. The van der Waals surface area contributed by atoms with Crippen molar-refractivity contribution in [3.8, 4) is 0 Å². The van der Waals surface area contributed by atoms with Crippen molar-refractivity contribution in [1.82, 2.24) is 25.3 Å². The summed E-state index contributed by atoms with van der Waals surface area (Å²) in [6.45, 7) is 11.0.